The third-order valence-electron chi connectivity index (χ3n) is 4.15. The second kappa shape index (κ2) is 19.0. The molecule has 41 heavy (non-hydrogen) atoms. The van der Waals surface area contributed by atoms with Gasteiger partial charge in [-0.25, -0.2) is 14.6 Å². The summed E-state index contributed by atoms with van der Waals surface area (Å²) in [6.07, 6.45) is 5.23. The number of ketones is 1. The van der Waals surface area contributed by atoms with Crippen LogP contribution in [0.4, 0.5) is 0 Å². The number of benzene rings is 2. The van der Waals surface area contributed by atoms with Gasteiger partial charge in [0.05, 0.1) is 17.3 Å². The van der Waals surface area contributed by atoms with Gasteiger partial charge in [0.1, 0.15) is 23.0 Å². The Hall–Kier alpha value is -5.16. The molecule has 0 saturated heterocycles. The van der Waals surface area contributed by atoms with E-state index >= 15 is 0 Å². The van der Waals surface area contributed by atoms with Gasteiger partial charge in [0.15, 0.2) is 0 Å². The predicted molar refractivity (Wildman–Crippen MR) is 150 cm³/mol. The quantitative estimate of drug-likeness (QED) is 0.231. The highest BCUT2D eigenvalue weighted by molar-refractivity contribution is 5.92. The SMILES string of the molecule is C/C=C\C.CC(=O)Oc1ccc(C(=O)Oc2ccc(OC(=O)c3ccc(OC(C)=O)cc3)nc2)cc1.CC(C)=O.O. The molecule has 0 fully saturated rings. The molecular formula is C30H33NO10. The van der Waals surface area contributed by atoms with E-state index in [1.165, 1.54) is 94.6 Å². The molecule has 11 heteroatoms. The fourth-order valence-corrected chi connectivity index (χ4v) is 2.46. The van der Waals surface area contributed by atoms with Gasteiger partial charge in [-0.3, -0.25) is 9.59 Å². The number of rotatable bonds is 6. The standard InChI is InChI=1S/C23H17NO8.C4H8.C3H6O.H2O/c1-14(25)29-18-7-3-16(4-8-18)22(27)31-20-11-12-21(24-13-20)32-23(28)17-5-9-19(10-6-17)30-15(2)26;1-3-4-2;1-3(2)4;/h3-13H,1-2H3;3-4H,1-2H3;1-2H3;1H2/b;4-3-;;. The number of esters is 4. The van der Waals surface area contributed by atoms with E-state index in [1.807, 2.05) is 26.0 Å². The maximum atomic E-state index is 12.2. The summed E-state index contributed by atoms with van der Waals surface area (Å²) < 4.78 is 20.2. The average molecular weight is 568 g/mol. The van der Waals surface area contributed by atoms with Gasteiger partial charge in [-0.15, -0.1) is 0 Å². The molecule has 3 rings (SSSR count). The van der Waals surface area contributed by atoms with E-state index < -0.39 is 23.9 Å². The van der Waals surface area contributed by atoms with Crippen molar-refractivity contribution in [3.8, 4) is 23.1 Å². The van der Waals surface area contributed by atoms with E-state index in [2.05, 4.69) is 4.98 Å². The van der Waals surface area contributed by atoms with Crippen LogP contribution < -0.4 is 18.9 Å². The van der Waals surface area contributed by atoms with Gasteiger partial charge < -0.3 is 29.2 Å². The minimum atomic E-state index is -0.663. The van der Waals surface area contributed by atoms with Crippen molar-refractivity contribution in [1.82, 2.24) is 4.98 Å². The van der Waals surface area contributed by atoms with Crippen molar-refractivity contribution < 1.29 is 48.4 Å². The minimum absolute atomic E-state index is 0. The highest BCUT2D eigenvalue weighted by atomic mass is 16.6. The largest absolute Gasteiger partial charge is 0.427 e. The molecule has 218 valence electrons. The Labute approximate surface area is 238 Å². The second-order valence-corrected chi connectivity index (χ2v) is 7.92. The summed E-state index contributed by atoms with van der Waals surface area (Å²) in [5.74, 6) is -1.31. The van der Waals surface area contributed by atoms with E-state index in [4.69, 9.17) is 18.9 Å². The third-order valence-corrected chi connectivity index (χ3v) is 4.15. The molecule has 0 aliphatic heterocycles. The lowest BCUT2D eigenvalue weighted by atomic mass is 10.2. The Bertz CT molecular complexity index is 1210. The Morgan fingerprint density at radius 3 is 1.24 bits per heavy atom. The van der Waals surface area contributed by atoms with E-state index in [-0.39, 0.29) is 34.0 Å². The van der Waals surface area contributed by atoms with Crippen molar-refractivity contribution in [2.75, 3.05) is 0 Å². The first kappa shape index (κ1) is 35.8. The number of pyridine rings is 1. The molecule has 0 aliphatic rings. The number of ether oxygens (including phenoxy) is 4. The number of carbonyl (C=O) groups excluding carboxylic acids is 5. The zero-order valence-electron chi connectivity index (χ0n) is 23.6. The Kier molecular flexibility index (Phi) is 16.6. The predicted octanol–water partition coefficient (Wildman–Crippen LogP) is 4.72. The smallest absolute Gasteiger partial charge is 0.344 e. The molecule has 2 N–H and O–H groups in total. The molecule has 0 bridgehead atoms. The minimum Gasteiger partial charge on any atom is -0.427 e. The highest BCUT2D eigenvalue weighted by Crippen LogP contribution is 2.19. The molecule has 11 nitrogen and oxygen atoms in total. The van der Waals surface area contributed by atoms with E-state index in [0.717, 1.165) is 0 Å². The molecule has 0 saturated carbocycles. The summed E-state index contributed by atoms with van der Waals surface area (Å²) in [4.78, 5) is 59.7. The maximum absolute atomic E-state index is 12.2. The zero-order valence-corrected chi connectivity index (χ0v) is 23.6. The van der Waals surface area contributed by atoms with Crippen LogP contribution in [0, 0.1) is 0 Å². The lowest BCUT2D eigenvalue weighted by Gasteiger charge is -2.07. The van der Waals surface area contributed by atoms with Gasteiger partial charge in [0.2, 0.25) is 5.88 Å². The first-order valence-corrected chi connectivity index (χ1v) is 12.0. The summed E-state index contributed by atoms with van der Waals surface area (Å²) in [6.45, 7) is 9.60. The Balaban J connectivity index is 0.00000158. The highest BCUT2D eigenvalue weighted by Gasteiger charge is 2.13. The van der Waals surface area contributed by atoms with Gasteiger partial charge in [0, 0.05) is 19.9 Å². The summed E-state index contributed by atoms with van der Waals surface area (Å²) in [5.41, 5.74) is 0.476. The van der Waals surface area contributed by atoms with Gasteiger partial charge in [0.25, 0.3) is 0 Å². The van der Waals surface area contributed by atoms with Crippen LogP contribution >= 0.6 is 0 Å². The summed E-state index contributed by atoms with van der Waals surface area (Å²) in [6, 6.07) is 14.5. The number of aromatic nitrogens is 1. The van der Waals surface area contributed by atoms with E-state index in [1.54, 1.807) is 0 Å². The lowest BCUT2D eigenvalue weighted by Crippen LogP contribution is -2.11. The van der Waals surface area contributed by atoms with Gasteiger partial charge in [-0.1, -0.05) is 12.2 Å². The molecule has 3 aromatic rings. The van der Waals surface area contributed by atoms with Crippen LogP contribution in [0.1, 0.15) is 62.3 Å². The number of hydrogen-bond acceptors (Lipinski definition) is 10. The number of Topliss-reactive ketones (excluding diaryl/α,β-unsaturated/α-hetero) is 1. The molecule has 0 unspecified atom stereocenters. The monoisotopic (exact) mass is 567 g/mol. The zero-order chi connectivity index (χ0) is 30.1. The first-order valence-electron chi connectivity index (χ1n) is 12.0. The number of hydrogen-bond donors (Lipinski definition) is 0. The van der Waals surface area contributed by atoms with E-state index in [0.29, 0.717) is 11.5 Å². The number of allylic oxidation sites excluding steroid dienone is 2. The van der Waals surface area contributed by atoms with Crippen LogP contribution in [0.5, 0.6) is 23.1 Å². The van der Waals surface area contributed by atoms with Crippen LogP contribution in [-0.4, -0.2) is 40.1 Å². The lowest BCUT2D eigenvalue weighted by molar-refractivity contribution is -0.132. The van der Waals surface area contributed by atoms with Crippen LogP contribution in [0.3, 0.4) is 0 Å². The van der Waals surface area contributed by atoms with Crippen molar-refractivity contribution in [3.05, 3.63) is 90.1 Å². The van der Waals surface area contributed by atoms with Crippen LogP contribution in [-0.2, 0) is 14.4 Å². The van der Waals surface area contributed by atoms with Crippen LogP contribution in [0.2, 0.25) is 0 Å². The molecule has 0 amide bonds. The van der Waals surface area contributed by atoms with Crippen molar-refractivity contribution >= 4 is 29.7 Å². The molecule has 2 aromatic carbocycles. The molecular weight excluding hydrogens is 534 g/mol. The summed E-state index contributed by atoms with van der Waals surface area (Å²) in [5, 5.41) is 0. The normalized spacial score (nSPS) is 9.41. The summed E-state index contributed by atoms with van der Waals surface area (Å²) in [7, 11) is 0. The average Bonchev–Trinajstić information content (AvgIpc) is 2.89. The maximum Gasteiger partial charge on any atom is 0.344 e. The Morgan fingerprint density at radius 1 is 0.561 bits per heavy atom. The topological polar surface area (TPSA) is 167 Å². The molecule has 0 spiro atoms. The van der Waals surface area contributed by atoms with Crippen molar-refractivity contribution in [2.24, 2.45) is 0 Å². The van der Waals surface area contributed by atoms with Crippen molar-refractivity contribution in [3.63, 3.8) is 0 Å². The number of carbonyl (C=O) groups is 5. The molecule has 1 aromatic heterocycles. The van der Waals surface area contributed by atoms with Gasteiger partial charge >= 0.3 is 23.9 Å². The molecule has 1 heterocycles. The molecule has 0 radical (unpaired) electrons. The van der Waals surface area contributed by atoms with Crippen molar-refractivity contribution in [2.45, 2.75) is 41.5 Å². The fraction of sp³-hybridized carbons (Fsp3) is 0.200. The van der Waals surface area contributed by atoms with Gasteiger partial charge in [-0.2, -0.15) is 0 Å². The molecule has 0 aliphatic carbocycles. The van der Waals surface area contributed by atoms with Crippen LogP contribution in [0.15, 0.2) is 79.0 Å². The Morgan fingerprint density at radius 2 is 0.927 bits per heavy atom. The molecule has 0 atom stereocenters. The van der Waals surface area contributed by atoms with Crippen molar-refractivity contribution in [1.29, 1.82) is 0 Å². The van der Waals surface area contributed by atoms with Crippen LogP contribution in [0.25, 0.3) is 0 Å². The first-order chi connectivity index (χ1) is 18.9. The fourth-order valence-electron chi connectivity index (χ4n) is 2.46. The van der Waals surface area contributed by atoms with Gasteiger partial charge in [-0.05, 0) is 82.3 Å². The van der Waals surface area contributed by atoms with E-state index in [9.17, 15) is 24.0 Å². The summed E-state index contributed by atoms with van der Waals surface area (Å²) >= 11 is 0. The third kappa shape index (κ3) is 15.1. The second-order valence-electron chi connectivity index (χ2n) is 7.92. The number of nitrogens with zero attached hydrogens (tertiary/aromatic N) is 1.